The van der Waals surface area contributed by atoms with Gasteiger partial charge in [-0.3, -0.25) is 19.5 Å². The Bertz CT molecular complexity index is 1740. The van der Waals surface area contributed by atoms with Crippen LogP contribution in [-0.2, 0) is 7.05 Å². The second-order valence-corrected chi connectivity index (χ2v) is 10.1. The van der Waals surface area contributed by atoms with Crippen LogP contribution in [0.15, 0.2) is 85.3 Å². The van der Waals surface area contributed by atoms with Gasteiger partial charge < -0.3 is 18.9 Å². The van der Waals surface area contributed by atoms with Gasteiger partial charge >= 0.3 is 0 Å². The van der Waals surface area contributed by atoms with Gasteiger partial charge in [0.1, 0.15) is 11.5 Å². The summed E-state index contributed by atoms with van der Waals surface area (Å²) in [7, 11) is 5.16. The van der Waals surface area contributed by atoms with Gasteiger partial charge in [0.15, 0.2) is 0 Å². The van der Waals surface area contributed by atoms with Gasteiger partial charge in [0, 0.05) is 67.2 Å². The highest BCUT2D eigenvalue weighted by Crippen LogP contribution is 2.36. The first-order valence-corrected chi connectivity index (χ1v) is 13.2. The van der Waals surface area contributed by atoms with Crippen molar-refractivity contribution in [2.45, 2.75) is 13.0 Å². The molecule has 0 bridgehead atoms. The SMILES string of the molecule is COc1cc(OC)cc(N(c2ccc3ncc(-c4ccn(C)c4)nc3c2)C(C)CN2C(=O)c3ccccc3C2=O)c1. The molecule has 3 aromatic carbocycles. The van der Waals surface area contributed by atoms with Gasteiger partial charge in [0.25, 0.3) is 11.8 Å². The van der Waals surface area contributed by atoms with Crippen LogP contribution in [0.2, 0.25) is 0 Å². The monoisotopic (exact) mass is 547 g/mol. The molecule has 6 rings (SSSR count). The van der Waals surface area contributed by atoms with Crippen molar-refractivity contribution in [2.75, 3.05) is 25.7 Å². The Hall–Kier alpha value is -5.18. The van der Waals surface area contributed by atoms with Crippen molar-refractivity contribution >= 4 is 34.2 Å². The number of ether oxygens (including phenoxy) is 2. The lowest BCUT2D eigenvalue weighted by atomic mass is 10.1. The maximum atomic E-state index is 13.2. The molecule has 1 aliphatic heterocycles. The van der Waals surface area contributed by atoms with Crippen molar-refractivity contribution in [3.8, 4) is 22.8 Å². The molecular formula is C32H29N5O4. The number of amides is 2. The van der Waals surface area contributed by atoms with E-state index in [0.717, 1.165) is 33.7 Å². The van der Waals surface area contributed by atoms with Gasteiger partial charge in [0.2, 0.25) is 0 Å². The molecule has 1 atom stereocenters. The minimum absolute atomic E-state index is 0.166. The van der Waals surface area contributed by atoms with Crippen LogP contribution in [0.5, 0.6) is 11.5 Å². The molecule has 9 heteroatoms. The zero-order chi connectivity index (χ0) is 28.7. The normalized spacial score (nSPS) is 13.4. The van der Waals surface area contributed by atoms with E-state index >= 15 is 0 Å². The number of methoxy groups -OCH3 is 2. The van der Waals surface area contributed by atoms with Crippen LogP contribution in [0, 0.1) is 0 Å². The molecule has 0 N–H and O–H groups in total. The van der Waals surface area contributed by atoms with E-state index in [2.05, 4.69) is 9.88 Å². The molecular weight excluding hydrogens is 518 g/mol. The molecule has 2 aromatic heterocycles. The molecule has 206 valence electrons. The molecule has 0 saturated carbocycles. The first-order valence-electron chi connectivity index (χ1n) is 13.2. The Balaban J connectivity index is 1.43. The minimum Gasteiger partial charge on any atom is -0.497 e. The number of rotatable bonds is 8. The second-order valence-electron chi connectivity index (χ2n) is 10.1. The van der Waals surface area contributed by atoms with E-state index in [1.54, 1.807) is 50.7 Å². The fourth-order valence-electron chi connectivity index (χ4n) is 5.28. The summed E-state index contributed by atoms with van der Waals surface area (Å²) in [4.78, 5) is 39.3. The lowest BCUT2D eigenvalue weighted by molar-refractivity contribution is 0.0647. The van der Waals surface area contributed by atoms with Gasteiger partial charge in [-0.15, -0.1) is 0 Å². The molecule has 0 aliphatic carbocycles. The number of aromatic nitrogens is 3. The Morgan fingerprint density at radius 2 is 1.54 bits per heavy atom. The van der Waals surface area contributed by atoms with Crippen LogP contribution in [0.4, 0.5) is 11.4 Å². The number of hydrogen-bond acceptors (Lipinski definition) is 7. The van der Waals surface area contributed by atoms with Gasteiger partial charge in [-0.25, -0.2) is 4.98 Å². The van der Waals surface area contributed by atoms with Crippen molar-refractivity contribution in [1.29, 1.82) is 0 Å². The smallest absolute Gasteiger partial charge is 0.261 e. The fourth-order valence-corrected chi connectivity index (χ4v) is 5.28. The summed E-state index contributed by atoms with van der Waals surface area (Å²) in [5.41, 5.74) is 5.65. The zero-order valence-electron chi connectivity index (χ0n) is 23.2. The Labute approximate surface area is 237 Å². The topological polar surface area (TPSA) is 89.8 Å². The molecule has 9 nitrogen and oxygen atoms in total. The molecule has 0 radical (unpaired) electrons. The molecule has 1 unspecified atom stereocenters. The lowest BCUT2D eigenvalue weighted by Crippen LogP contribution is -2.42. The van der Waals surface area contributed by atoms with Crippen molar-refractivity contribution in [3.05, 3.63) is 96.4 Å². The van der Waals surface area contributed by atoms with E-state index in [1.807, 2.05) is 67.3 Å². The van der Waals surface area contributed by atoms with E-state index < -0.39 is 0 Å². The molecule has 1 aliphatic rings. The third kappa shape index (κ3) is 4.75. The minimum atomic E-state index is -0.322. The van der Waals surface area contributed by atoms with E-state index in [-0.39, 0.29) is 24.4 Å². The number of anilines is 2. The summed E-state index contributed by atoms with van der Waals surface area (Å²) < 4.78 is 13.1. The predicted molar refractivity (Wildman–Crippen MR) is 157 cm³/mol. The highest BCUT2D eigenvalue weighted by molar-refractivity contribution is 6.21. The van der Waals surface area contributed by atoms with Crippen LogP contribution in [0.1, 0.15) is 27.6 Å². The molecule has 2 amide bonds. The Morgan fingerprint density at radius 3 is 2.15 bits per heavy atom. The number of imide groups is 1. The number of carbonyl (C=O) groups excluding carboxylic acids is 2. The standard InChI is InChI=1S/C32H29N5O4/c1-20(18-36-31(38)26-7-5-6-8-27(26)32(36)39)37(23-13-24(40-3)16-25(14-23)41-4)22-9-10-28-29(15-22)34-30(17-33-28)21-11-12-35(2)19-21/h5-17,19-20H,18H2,1-4H3. The largest absolute Gasteiger partial charge is 0.497 e. The van der Waals surface area contributed by atoms with Gasteiger partial charge in [-0.05, 0) is 43.3 Å². The number of nitrogens with zero attached hydrogens (tertiary/aromatic N) is 5. The van der Waals surface area contributed by atoms with Gasteiger partial charge in [0.05, 0.1) is 48.3 Å². The Kier molecular flexibility index (Phi) is 6.62. The maximum absolute atomic E-state index is 13.2. The van der Waals surface area contributed by atoms with Crippen LogP contribution in [0.25, 0.3) is 22.3 Å². The number of carbonyl (C=O) groups is 2. The zero-order valence-corrected chi connectivity index (χ0v) is 23.2. The molecule has 41 heavy (non-hydrogen) atoms. The van der Waals surface area contributed by atoms with Crippen molar-refractivity contribution in [1.82, 2.24) is 19.4 Å². The predicted octanol–water partition coefficient (Wildman–Crippen LogP) is 5.48. The molecule has 0 saturated heterocycles. The van der Waals surface area contributed by atoms with Gasteiger partial charge in [-0.1, -0.05) is 12.1 Å². The molecule has 3 heterocycles. The summed E-state index contributed by atoms with van der Waals surface area (Å²) in [5, 5.41) is 0. The van der Waals surface area contributed by atoms with E-state index in [4.69, 9.17) is 14.5 Å². The van der Waals surface area contributed by atoms with Crippen LogP contribution in [0.3, 0.4) is 0 Å². The fraction of sp³-hybridized carbons (Fsp3) is 0.188. The van der Waals surface area contributed by atoms with Crippen molar-refractivity contribution in [2.24, 2.45) is 7.05 Å². The van der Waals surface area contributed by atoms with E-state index in [9.17, 15) is 9.59 Å². The van der Waals surface area contributed by atoms with Crippen molar-refractivity contribution < 1.29 is 19.1 Å². The van der Waals surface area contributed by atoms with Crippen LogP contribution < -0.4 is 14.4 Å². The van der Waals surface area contributed by atoms with Crippen LogP contribution in [-0.4, -0.2) is 58.1 Å². The highest BCUT2D eigenvalue weighted by Gasteiger charge is 2.37. The van der Waals surface area contributed by atoms with Crippen LogP contribution >= 0.6 is 0 Å². The van der Waals surface area contributed by atoms with E-state index in [1.165, 1.54) is 4.90 Å². The van der Waals surface area contributed by atoms with Crippen molar-refractivity contribution in [3.63, 3.8) is 0 Å². The lowest BCUT2D eigenvalue weighted by Gasteiger charge is -2.34. The third-order valence-electron chi connectivity index (χ3n) is 7.31. The number of benzene rings is 3. The van der Waals surface area contributed by atoms with E-state index in [0.29, 0.717) is 22.6 Å². The first kappa shape index (κ1) is 26.1. The molecule has 0 spiro atoms. The maximum Gasteiger partial charge on any atom is 0.261 e. The first-order chi connectivity index (χ1) is 19.9. The summed E-state index contributed by atoms with van der Waals surface area (Å²) in [6.07, 6.45) is 5.74. The number of fused-ring (bicyclic) bond motifs is 2. The average Bonchev–Trinajstić information content (AvgIpc) is 3.53. The summed E-state index contributed by atoms with van der Waals surface area (Å²) in [6.45, 7) is 2.14. The second kappa shape index (κ2) is 10.4. The number of aryl methyl sites for hydroxylation is 1. The van der Waals surface area contributed by atoms with Gasteiger partial charge in [-0.2, -0.15) is 0 Å². The average molecular weight is 548 g/mol. The number of hydrogen-bond donors (Lipinski definition) is 0. The third-order valence-corrected chi connectivity index (χ3v) is 7.31. The molecule has 0 fully saturated rings. The summed E-state index contributed by atoms with van der Waals surface area (Å²) in [5.74, 6) is 0.642. The highest BCUT2D eigenvalue weighted by atomic mass is 16.5. The molecule has 5 aromatic rings. The Morgan fingerprint density at radius 1 is 0.854 bits per heavy atom. The summed E-state index contributed by atoms with van der Waals surface area (Å²) >= 11 is 0. The quantitative estimate of drug-likeness (QED) is 0.238. The summed E-state index contributed by atoms with van der Waals surface area (Å²) in [6, 6.07) is 20.1.